The number of amides is 1. The molecule has 1 aromatic rings. The highest BCUT2D eigenvalue weighted by Gasteiger charge is 2.27. The second-order valence-electron chi connectivity index (χ2n) is 6.42. The monoisotopic (exact) mass is 375 g/mol. The van der Waals surface area contributed by atoms with Gasteiger partial charge >= 0.3 is 11.9 Å². The number of esters is 2. The topological polar surface area (TPSA) is 81.7 Å². The Morgan fingerprint density at radius 1 is 1.12 bits per heavy atom. The molecule has 0 radical (unpaired) electrons. The molecule has 0 fully saturated rings. The van der Waals surface area contributed by atoms with E-state index >= 15 is 0 Å². The Hall–Kier alpha value is -2.58. The molecular formula is C17H20F3NO5. The average Bonchev–Trinajstić information content (AvgIpc) is 2.47. The summed E-state index contributed by atoms with van der Waals surface area (Å²) in [7, 11) is 1.05. The van der Waals surface area contributed by atoms with Crippen molar-refractivity contribution in [3.63, 3.8) is 0 Å². The van der Waals surface area contributed by atoms with Gasteiger partial charge in [-0.25, -0.2) is 18.0 Å². The van der Waals surface area contributed by atoms with Gasteiger partial charge in [-0.05, 0) is 27.2 Å². The lowest BCUT2D eigenvalue weighted by molar-refractivity contribution is -0.155. The van der Waals surface area contributed by atoms with Crippen molar-refractivity contribution in [1.82, 2.24) is 5.32 Å². The van der Waals surface area contributed by atoms with Crippen LogP contribution in [0.1, 0.15) is 44.0 Å². The maximum Gasteiger partial charge on any atom is 0.328 e. The molecule has 1 rings (SSSR count). The summed E-state index contributed by atoms with van der Waals surface area (Å²) in [6, 6.07) is -0.665. The Morgan fingerprint density at radius 3 is 2.12 bits per heavy atom. The molecule has 144 valence electrons. The third kappa shape index (κ3) is 6.38. The molecular weight excluding hydrogens is 355 g/mol. The zero-order valence-corrected chi connectivity index (χ0v) is 14.8. The van der Waals surface area contributed by atoms with Gasteiger partial charge in [-0.1, -0.05) is 0 Å². The molecule has 0 spiro atoms. The first-order chi connectivity index (χ1) is 11.9. The third-order valence-electron chi connectivity index (χ3n) is 3.08. The van der Waals surface area contributed by atoms with E-state index in [1.54, 1.807) is 20.8 Å². The van der Waals surface area contributed by atoms with Crippen LogP contribution in [-0.4, -0.2) is 36.6 Å². The van der Waals surface area contributed by atoms with Gasteiger partial charge in [-0.2, -0.15) is 0 Å². The highest BCUT2D eigenvalue weighted by Crippen LogP contribution is 2.16. The molecule has 1 amide bonds. The lowest BCUT2D eigenvalue weighted by atomic mass is 10.1. The highest BCUT2D eigenvalue weighted by molar-refractivity contribution is 5.97. The normalized spacial score (nSPS) is 12.3. The summed E-state index contributed by atoms with van der Waals surface area (Å²) < 4.78 is 49.8. The molecule has 1 aromatic carbocycles. The molecule has 0 unspecified atom stereocenters. The summed E-state index contributed by atoms with van der Waals surface area (Å²) in [6.45, 7) is 4.97. The van der Waals surface area contributed by atoms with Crippen molar-refractivity contribution in [2.24, 2.45) is 0 Å². The van der Waals surface area contributed by atoms with E-state index in [1.807, 2.05) is 0 Å². The maximum atomic E-state index is 13.7. The SMILES string of the molecule is COC(=O)[C@@H](CCC(=O)OC(C)(C)C)NC(=O)c1c(F)cc(F)cc1F. The number of halogens is 3. The summed E-state index contributed by atoms with van der Waals surface area (Å²) in [6.07, 6.45) is -0.455. The van der Waals surface area contributed by atoms with Gasteiger partial charge in [0.1, 0.15) is 34.7 Å². The predicted molar refractivity (Wildman–Crippen MR) is 84.7 cm³/mol. The minimum atomic E-state index is -1.42. The van der Waals surface area contributed by atoms with Crippen molar-refractivity contribution in [3.05, 3.63) is 35.1 Å². The lowest BCUT2D eigenvalue weighted by Crippen LogP contribution is -2.42. The fraction of sp³-hybridized carbons (Fsp3) is 0.471. The Bertz CT molecular complexity index is 677. The number of hydrogen-bond acceptors (Lipinski definition) is 5. The van der Waals surface area contributed by atoms with Crippen LogP contribution in [0.15, 0.2) is 12.1 Å². The summed E-state index contributed by atoms with van der Waals surface area (Å²) in [5.74, 6) is -6.85. The molecule has 1 N–H and O–H groups in total. The number of carbonyl (C=O) groups is 3. The molecule has 6 nitrogen and oxygen atoms in total. The molecule has 0 aliphatic rings. The first kappa shape index (κ1) is 21.5. The fourth-order valence-electron chi connectivity index (χ4n) is 2.04. The molecule has 26 heavy (non-hydrogen) atoms. The van der Waals surface area contributed by atoms with E-state index in [9.17, 15) is 27.6 Å². The molecule has 0 saturated carbocycles. The van der Waals surface area contributed by atoms with Crippen LogP contribution >= 0.6 is 0 Å². The first-order valence-electron chi connectivity index (χ1n) is 7.69. The Morgan fingerprint density at radius 2 is 1.65 bits per heavy atom. The zero-order chi connectivity index (χ0) is 20.1. The number of rotatable bonds is 6. The van der Waals surface area contributed by atoms with Gasteiger partial charge in [0, 0.05) is 18.6 Å². The van der Waals surface area contributed by atoms with Crippen LogP contribution in [0.4, 0.5) is 13.2 Å². The minimum Gasteiger partial charge on any atom is -0.467 e. The largest absolute Gasteiger partial charge is 0.467 e. The zero-order valence-electron chi connectivity index (χ0n) is 14.8. The first-order valence-corrected chi connectivity index (χ1v) is 7.69. The Labute approximate surface area is 148 Å². The molecule has 0 bridgehead atoms. The highest BCUT2D eigenvalue weighted by atomic mass is 19.1. The van der Waals surface area contributed by atoms with Gasteiger partial charge in [0.05, 0.1) is 7.11 Å². The van der Waals surface area contributed by atoms with E-state index < -0.39 is 52.5 Å². The molecule has 0 saturated heterocycles. The van der Waals surface area contributed by atoms with Crippen LogP contribution < -0.4 is 5.32 Å². The van der Waals surface area contributed by atoms with Crippen LogP contribution in [0, 0.1) is 17.5 Å². The van der Waals surface area contributed by atoms with Crippen molar-refractivity contribution in [2.45, 2.75) is 45.3 Å². The van der Waals surface area contributed by atoms with Crippen molar-refractivity contribution in [2.75, 3.05) is 7.11 Å². The van der Waals surface area contributed by atoms with E-state index in [4.69, 9.17) is 4.74 Å². The summed E-state index contributed by atoms with van der Waals surface area (Å²) in [5, 5.41) is 2.08. The van der Waals surface area contributed by atoms with E-state index in [0.717, 1.165) is 7.11 Å². The second kappa shape index (κ2) is 8.68. The Kier molecular flexibility index (Phi) is 7.17. The molecule has 9 heteroatoms. The average molecular weight is 375 g/mol. The van der Waals surface area contributed by atoms with Crippen molar-refractivity contribution in [1.29, 1.82) is 0 Å². The van der Waals surface area contributed by atoms with E-state index in [0.29, 0.717) is 12.1 Å². The summed E-state index contributed by atoms with van der Waals surface area (Å²) in [4.78, 5) is 35.6. The summed E-state index contributed by atoms with van der Waals surface area (Å²) >= 11 is 0. The smallest absolute Gasteiger partial charge is 0.328 e. The van der Waals surface area contributed by atoms with Gasteiger partial charge in [0.25, 0.3) is 5.91 Å². The Balaban J connectivity index is 2.87. The number of carbonyl (C=O) groups excluding carboxylic acids is 3. The van der Waals surface area contributed by atoms with E-state index in [1.165, 1.54) is 0 Å². The van der Waals surface area contributed by atoms with E-state index in [2.05, 4.69) is 10.1 Å². The van der Waals surface area contributed by atoms with Crippen LogP contribution in [0.2, 0.25) is 0 Å². The second-order valence-corrected chi connectivity index (χ2v) is 6.42. The lowest BCUT2D eigenvalue weighted by Gasteiger charge is -2.21. The number of hydrogen-bond donors (Lipinski definition) is 1. The van der Waals surface area contributed by atoms with Gasteiger partial charge in [-0.3, -0.25) is 9.59 Å². The number of methoxy groups -OCH3 is 1. The third-order valence-corrected chi connectivity index (χ3v) is 3.08. The quantitative estimate of drug-likeness (QED) is 0.773. The van der Waals surface area contributed by atoms with Crippen molar-refractivity contribution < 1.29 is 37.0 Å². The van der Waals surface area contributed by atoms with Crippen LogP contribution in [0.25, 0.3) is 0 Å². The van der Waals surface area contributed by atoms with Gasteiger partial charge in [-0.15, -0.1) is 0 Å². The predicted octanol–water partition coefficient (Wildman–Crippen LogP) is 2.50. The molecule has 1 atom stereocenters. The number of nitrogens with one attached hydrogen (secondary N) is 1. The fourth-order valence-corrected chi connectivity index (χ4v) is 2.04. The molecule has 0 heterocycles. The summed E-state index contributed by atoms with van der Waals surface area (Å²) in [5.41, 5.74) is -1.78. The molecule has 0 aliphatic heterocycles. The molecule has 0 aliphatic carbocycles. The van der Waals surface area contributed by atoms with Crippen molar-refractivity contribution in [3.8, 4) is 0 Å². The number of benzene rings is 1. The van der Waals surface area contributed by atoms with Gasteiger partial charge in [0.15, 0.2) is 0 Å². The van der Waals surface area contributed by atoms with Gasteiger partial charge in [0.2, 0.25) is 0 Å². The maximum absolute atomic E-state index is 13.7. The standard InChI is InChI=1S/C17H20F3NO5/c1-17(2,3)26-13(22)6-5-12(16(24)25-4)21-15(23)14-10(19)7-9(18)8-11(14)20/h7-8,12H,5-6H2,1-4H3,(H,21,23)/t12-/m1/s1. The van der Waals surface area contributed by atoms with Crippen LogP contribution in [0.5, 0.6) is 0 Å². The van der Waals surface area contributed by atoms with Crippen molar-refractivity contribution >= 4 is 17.8 Å². The van der Waals surface area contributed by atoms with Gasteiger partial charge < -0.3 is 14.8 Å². The number of ether oxygens (including phenoxy) is 2. The van der Waals surface area contributed by atoms with Crippen LogP contribution in [-0.2, 0) is 19.1 Å². The molecule has 0 aromatic heterocycles. The van der Waals surface area contributed by atoms with Crippen LogP contribution in [0.3, 0.4) is 0 Å². The van der Waals surface area contributed by atoms with E-state index in [-0.39, 0.29) is 12.8 Å². The minimum absolute atomic E-state index is 0.211.